The summed E-state index contributed by atoms with van der Waals surface area (Å²) in [5.41, 5.74) is -0.531. The Labute approximate surface area is 136 Å². The second-order valence-corrected chi connectivity index (χ2v) is 5.04. The Morgan fingerprint density at radius 1 is 1.00 bits per heavy atom. The lowest BCUT2D eigenvalue weighted by molar-refractivity contribution is -0.167. The Balaban J connectivity index is 2.95. The van der Waals surface area contributed by atoms with Crippen LogP contribution in [0, 0.1) is 5.41 Å². The monoisotopic (exact) mass is 322 g/mol. The molecule has 0 heterocycles. The lowest BCUT2D eigenvalue weighted by Crippen LogP contribution is -2.38. The Hall–Kier alpha value is -2.50. The van der Waals surface area contributed by atoms with Crippen molar-refractivity contribution in [2.24, 2.45) is 5.41 Å². The molecule has 0 amide bonds. The van der Waals surface area contributed by atoms with Gasteiger partial charge in [-0.2, -0.15) is 0 Å². The Morgan fingerprint density at radius 3 is 2.04 bits per heavy atom. The molecule has 1 aromatic rings. The number of methoxy groups -OCH3 is 4. The van der Waals surface area contributed by atoms with Gasteiger partial charge in [-0.1, -0.05) is 18.2 Å². The number of hydrogen-bond donors (Lipinski definition) is 0. The van der Waals surface area contributed by atoms with Gasteiger partial charge in [0.05, 0.1) is 28.4 Å². The number of allylic oxidation sites excluding steroid dienone is 1. The summed E-state index contributed by atoms with van der Waals surface area (Å²) in [6.45, 7) is 1.49. The van der Waals surface area contributed by atoms with Crippen molar-refractivity contribution in [1.82, 2.24) is 0 Å². The van der Waals surface area contributed by atoms with Crippen LogP contribution in [0.5, 0.6) is 11.5 Å². The van der Waals surface area contributed by atoms with Gasteiger partial charge in [-0.25, -0.2) is 0 Å². The van der Waals surface area contributed by atoms with Crippen molar-refractivity contribution in [2.45, 2.75) is 13.3 Å². The first kappa shape index (κ1) is 18.5. The van der Waals surface area contributed by atoms with E-state index < -0.39 is 17.4 Å². The Morgan fingerprint density at radius 2 is 1.57 bits per heavy atom. The normalized spacial score (nSPS) is 11.2. The number of hydrogen-bond acceptors (Lipinski definition) is 6. The summed E-state index contributed by atoms with van der Waals surface area (Å²) in [5, 5.41) is 0. The molecular formula is C17H22O6. The molecule has 0 aliphatic rings. The molecule has 0 aliphatic heterocycles. The molecule has 0 bridgehead atoms. The molecule has 0 spiro atoms. The second kappa shape index (κ2) is 8.22. The van der Waals surface area contributed by atoms with Crippen molar-refractivity contribution in [1.29, 1.82) is 0 Å². The van der Waals surface area contributed by atoms with Crippen LogP contribution in [0.4, 0.5) is 0 Å². The summed E-state index contributed by atoms with van der Waals surface area (Å²) in [4.78, 5) is 23.7. The molecule has 6 nitrogen and oxygen atoms in total. The highest BCUT2D eigenvalue weighted by atomic mass is 16.5. The van der Waals surface area contributed by atoms with E-state index in [1.807, 2.05) is 6.07 Å². The lowest BCUT2D eigenvalue weighted by Gasteiger charge is -2.21. The molecule has 1 rings (SSSR count). The highest BCUT2D eigenvalue weighted by molar-refractivity contribution is 5.99. The largest absolute Gasteiger partial charge is 0.493 e. The topological polar surface area (TPSA) is 71.1 Å². The standard InChI is InChI=1S/C17H22O6/c1-17(15(18)22-4,16(19)23-5)10-6-7-12-8-9-13(20-2)14(11-12)21-3/h6-9,11H,10H2,1-5H3/b7-6+. The van der Waals surface area contributed by atoms with Gasteiger partial charge in [0.15, 0.2) is 16.9 Å². The average Bonchev–Trinajstić information content (AvgIpc) is 2.59. The summed E-state index contributed by atoms with van der Waals surface area (Å²) >= 11 is 0. The highest BCUT2D eigenvalue weighted by Gasteiger charge is 2.42. The van der Waals surface area contributed by atoms with Crippen molar-refractivity contribution >= 4 is 18.0 Å². The maximum atomic E-state index is 11.9. The van der Waals surface area contributed by atoms with Gasteiger partial charge in [0.25, 0.3) is 0 Å². The van der Waals surface area contributed by atoms with E-state index in [1.165, 1.54) is 21.1 Å². The van der Waals surface area contributed by atoms with Gasteiger partial charge in [0, 0.05) is 0 Å². The molecule has 0 N–H and O–H groups in total. The molecule has 0 aromatic heterocycles. The first-order valence-electron chi connectivity index (χ1n) is 6.98. The van der Waals surface area contributed by atoms with E-state index in [-0.39, 0.29) is 6.42 Å². The zero-order valence-corrected chi connectivity index (χ0v) is 14.0. The van der Waals surface area contributed by atoms with Gasteiger partial charge < -0.3 is 18.9 Å². The molecule has 0 atom stereocenters. The quantitative estimate of drug-likeness (QED) is 0.567. The minimum Gasteiger partial charge on any atom is -0.493 e. The second-order valence-electron chi connectivity index (χ2n) is 5.04. The SMILES string of the molecule is COC(=O)C(C)(C/C=C/c1ccc(OC)c(OC)c1)C(=O)OC. The van der Waals surface area contributed by atoms with Crippen molar-refractivity contribution < 1.29 is 28.5 Å². The molecule has 126 valence electrons. The van der Waals surface area contributed by atoms with Gasteiger partial charge in [-0.15, -0.1) is 0 Å². The van der Waals surface area contributed by atoms with E-state index in [0.29, 0.717) is 11.5 Å². The molecule has 23 heavy (non-hydrogen) atoms. The number of carbonyl (C=O) groups is 2. The van der Waals surface area contributed by atoms with E-state index in [4.69, 9.17) is 18.9 Å². The predicted molar refractivity (Wildman–Crippen MR) is 85.3 cm³/mol. The fourth-order valence-corrected chi connectivity index (χ4v) is 2.09. The third-order valence-corrected chi connectivity index (χ3v) is 3.52. The van der Waals surface area contributed by atoms with Crippen molar-refractivity contribution in [3.05, 3.63) is 29.8 Å². The first-order valence-corrected chi connectivity index (χ1v) is 6.98. The minimum atomic E-state index is -1.38. The third kappa shape index (κ3) is 4.25. The summed E-state index contributed by atoms with van der Waals surface area (Å²) in [7, 11) is 5.59. The van der Waals surface area contributed by atoms with Crippen LogP contribution >= 0.6 is 0 Å². The minimum absolute atomic E-state index is 0.153. The molecule has 6 heteroatoms. The van der Waals surface area contributed by atoms with Crippen LogP contribution < -0.4 is 9.47 Å². The molecule has 0 fully saturated rings. The molecule has 0 saturated heterocycles. The lowest BCUT2D eigenvalue weighted by atomic mass is 9.86. The van der Waals surface area contributed by atoms with Crippen LogP contribution in [0.2, 0.25) is 0 Å². The molecule has 0 radical (unpaired) electrons. The van der Waals surface area contributed by atoms with Crippen LogP contribution in [-0.2, 0) is 19.1 Å². The summed E-state index contributed by atoms with van der Waals surface area (Å²) in [5.74, 6) is -0.0559. The highest BCUT2D eigenvalue weighted by Crippen LogP contribution is 2.29. The fourth-order valence-electron chi connectivity index (χ4n) is 2.09. The van der Waals surface area contributed by atoms with Gasteiger partial charge in [0.1, 0.15) is 0 Å². The Bertz CT molecular complexity index is 575. The molecule has 0 unspecified atom stereocenters. The van der Waals surface area contributed by atoms with E-state index in [1.54, 1.807) is 38.5 Å². The van der Waals surface area contributed by atoms with Gasteiger partial charge in [-0.3, -0.25) is 9.59 Å². The first-order chi connectivity index (χ1) is 10.9. The van der Waals surface area contributed by atoms with Crippen molar-refractivity contribution in [3.63, 3.8) is 0 Å². The van der Waals surface area contributed by atoms with E-state index in [2.05, 4.69) is 0 Å². The summed E-state index contributed by atoms with van der Waals surface area (Å²) in [6.07, 6.45) is 3.65. The molecular weight excluding hydrogens is 300 g/mol. The number of rotatable bonds is 7. The fraction of sp³-hybridized carbons (Fsp3) is 0.412. The predicted octanol–water partition coefficient (Wildman–Crippen LogP) is 2.46. The number of carbonyl (C=O) groups excluding carboxylic acids is 2. The summed E-state index contributed by atoms with van der Waals surface area (Å²) < 4.78 is 19.8. The molecule has 0 saturated carbocycles. The summed E-state index contributed by atoms with van der Waals surface area (Å²) in [6, 6.07) is 5.41. The zero-order chi connectivity index (χ0) is 17.5. The third-order valence-electron chi connectivity index (χ3n) is 3.52. The van der Waals surface area contributed by atoms with E-state index in [9.17, 15) is 9.59 Å². The van der Waals surface area contributed by atoms with Gasteiger partial charge in [0.2, 0.25) is 0 Å². The van der Waals surface area contributed by atoms with Gasteiger partial charge >= 0.3 is 11.9 Å². The maximum absolute atomic E-state index is 11.9. The van der Waals surface area contributed by atoms with Crippen LogP contribution in [0.1, 0.15) is 18.9 Å². The molecule has 1 aromatic carbocycles. The van der Waals surface area contributed by atoms with Crippen molar-refractivity contribution in [3.8, 4) is 11.5 Å². The van der Waals surface area contributed by atoms with E-state index in [0.717, 1.165) is 5.56 Å². The van der Waals surface area contributed by atoms with Gasteiger partial charge in [-0.05, 0) is 31.0 Å². The van der Waals surface area contributed by atoms with E-state index >= 15 is 0 Å². The smallest absolute Gasteiger partial charge is 0.323 e. The number of ether oxygens (including phenoxy) is 4. The Kier molecular flexibility index (Phi) is 6.63. The number of benzene rings is 1. The van der Waals surface area contributed by atoms with Crippen LogP contribution in [-0.4, -0.2) is 40.4 Å². The molecule has 0 aliphatic carbocycles. The van der Waals surface area contributed by atoms with Crippen LogP contribution in [0.3, 0.4) is 0 Å². The van der Waals surface area contributed by atoms with Crippen molar-refractivity contribution in [2.75, 3.05) is 28.4 Å². The zero-order valence-electron chi connectivity index (χ0n) is 14.0. The average molecular weight is 322 g/mol. The van der Waals surface area contributed by atoms with Crippen LogP contribution in [0.15, 0.2) is 24.3 Å². The van der Waals surface area contributed by atoms with Crippen LogP contribution in [0.25, 0.3) is 6.08 Å². The maximum Gasteiger partial charge on any atom is 0.323 e. The number of esters is 2.